The van der Waals surface area contributed by atoms with Crippen LogP contribution in [0.15, 0.2) is 0 Å². The average molecular weight is 353 g/mol. The van der Waals surface area contributed by atoms with Gasteiger partial charge in [-0.05, 0) is 37.2 Å². The lowest BCUT2D eigenvalue weighted by Crippen LogP contribution is -2.46. The van der Waals surface area contributed by atoms with Crippen LogP contribution in [0, 0.1) is 17.2 Å². The van der Waals surface area contributed by atoms with Crippen LogP contribution in [0.5, 0.6) is 0 Å². The van der Waals surface area contributed by atoms with Crippen LogP contribution in [0.3, 0.4) is 0 Å². The van der Waals surface area contributed by atoms with Gasteiger partial charge in [0.05, 0.1) is 5.92 Å². The number of hydrogen-bond donors (Lipinski definition) is 1. The quantitative estimate of drug-likeness (QED) is 0.905. The van der Waals surface area contributed by atoms with E-state index in [0.29, 0.717) is 18.2 Å². The smallest absolute Gasteiger partial charge is 0.225 e. The van der Waals surface area contributed by atoms with Gasteiger partial charge in [0, 0.05) is 19.1 Å². The van der Waals surface area contributed by atoms with E-state index in [2.05, 4.69) is 20.7 Å². The molecule has 1 aromatic heterocycles. The molecule has 0 spiro atoms. The van der Waals surface area contributed by atoms with E-state index in [1.54, 1.807) is 0 Å². The summed E-state index contributed by atoms with van der Waals surface area (Å²) in [6, 6.07) is 2.47. The molecule has 2 heterocycles. The number of nitriles is 1. The molecule has 0 unspecified atom stereocenters. The molecule has 1 saturated carbocycles. The Hall–Kier alpha value is -1.32. The third kappa shape index (κ3) is 3.78. The Bertz CT molecular complexity index is 606. The molecule has 1 atom stereocenters. The summed E-state index contributed by atoms with van der Waals surface area (Å²) >= 11 is 7.21. The van der Waals surface area contributed by atoms with Crippen molar-refractivity contribution in [1.29, 1.82) is 5.26 Å². The second-order valence-electron chi connectivity index (χ2n) is 6.39. The second kappa shape index (κ2) is 7.50. The number of rotatable bonds is 3. The zero-order chi connectivity index (χ0) is 16.2. The first-order valence-corrected chi connectivity index (χ1v) is 9.44. The highest BCUT2D eigenvalue weighted by Gasteiger charge is 2.30. The molecule has 5 nitrogen and oxygen atoms in total. The van der Waals surface area contributed by atoms with Gasteiger partial charge >= 0.3 is 0 Å². The summed E-state index contributed by atoms with van der Waals surface area (Å²) in [6.45, 7) is 1.49. The number of nitrogens with one attached hydrogen (secondary N) is 1. The van der Waals surface area contributed by atoms with Crippen LogP contribution >= 0.6 is 23.1 Å². The third-order valence-electron chi connectivity index (χ3n) is 4.78. The van der Waals surface area contributed by atoms with E-state index in [1.165, 1.54) is 30.8 Å². The predicted molar refractivity (Wildman–Crippen MR) is 91.8 cm³/mol. The monoisotopic (exact) mass is 352 g/mol. The van der Waals surface area contributed by atoms with Gasteiger partial charge in [-0.1, -0.05) is 30.9 Å². The maximum atomic E-state index is 12.6. The minimum Gasteiger partial charge on any atom is -0.360 e. The second-order valence-corrected chi connectivity index (χ2v) is 7.50. The Balaban J connectivity index is 1.63. The minimum absolute atomic E-state index is 0.0157. The Kier molecular flexibility index (Phi) is 5.39. The van der Waals surface area contributed by atoms with Gasteiger partial charge in [0.25, 0.3) is 0 Å². The molecule has 2 aliphatic rings. The highest BCUT2D eigenvalue weighted by molar-refractivity contribution is 7.10. The molecule has 3 rings (SSSR count). The zero-order valence-corrected chi connectivity index (χ0v) is 14.6. The summed E-state index contributed by atoms with van der Waals surface area (Å²) in [5.74, 6) is 0.147. The minimum atomic E-state index is -0.0157. The van der Waals surface area contributed by atoms with Crippen LogP contribution in [-0.2, 0) is 4.79 Å². The number of amides is 1. The summed E-state index contributed by atoms with van der Waals surface area (Å²) in [5, 5.41) is 13.5. The van der Waals surface area contributed by atoms with Gasteiger partial charge in [0.1, 0.15) is 16.6 Å². The molecule has 0 aromatic carbocycles. The number of carbonyl (C=O) groups excluding carboxylic acids is 1. The molecule has 1 amide bonds. The van der Waals surface area contributed by atoms with Crippen molar-refractivity contribution in [3.63, 3.8) is 0 Å². The molecule has 124 valence electrons. The van der Waals surface area contributed by atoms with Crippen LogP contribution in [0.2, 0.25) is 5.15 Å². The molecule has 7 heteroatoms. The molecular formula is C16H21ClN4OS. The fourth-order valence-electron chi connectivity index (χ4n) is 3.51. The Morgan fingerprint density at radius 3 is 2.83 bits per heavy atom. The maximum absolute atomic E-state index is 12.6. The summed E-state index contributed by atoms with van der Waals surface area (Å²) in [6.07, 6.45) is 7.77. The average Bonchev–Trinajstić information content (AvgIpc) is 2.96. The molecule has 1 aromatic rings. The van der Waals surface area contributed by atoms with Crippen molar-refractivity contribution in [3.8, 4) is 6.07 Å². The number of carbonyl (C=O) groups is 1. The number of halogens is 1. The number of piperidine rings is 1. The van der Waals surface area contributed by atoms with Crippen molar-refractivity contribution in [2.45, 2.75) is 51.0 Å². The molecule has 1 N–H and O–H groups in total. The summed E-state index contributed by atoms with van der Waals surface area (Å²) in [7, 11) is 0. The Morgan fingerprint density at radius 1 is 1.30 bits per heavy atom. The van der Waals surface area contributed by atoms with E-state index < -0.39 is 0 Å². The fraction of sp³-hybridized carbons (Fsp3) is 0.688. The predicted octanol–water partition coefficient (Wildman–Crippen LogP) is 3.33. The third-order valence-corrected chi connectivity index (χ3v) is 6.06. The number of anilines is 1. The van der Waals surface area contributed by atoms with Crippen LogP contribution in [0.1, 0.15) is 50.5 Å². The molecule has 1 aliphatic carbocycles. The summed E-state index contributed by atoms with van der Waals surface area (Å²) < 4.78 is 4.07. The number of nitrogens with zero attached hydrogens (tertiary/aromatic N) is 3. The van der Waals surface area contributed by atoms with E-state index in [9.17, 15) is 10.1 Å². The van der Waals surface area contributed by atoms with E-state index >= 15 is 0 Å². The van der Waals surface area contributed by atoms with Crippen LogP contribution in [0.25, 0.3) is 0 Å². The number of aromatic nitrogens is 1. The van der Waals surface area contributed by atoms with Crippen molar-refractivity contribution in [1.82, 2.24) is 9.69 Å². The standard InChI is InChI=1S/C16H21ClN4OS/c17-14-13(9-18)16(23-20-14)21-8-4-5-11(10-21)15(22)19-12-6-2-1-3-7-12/h11-12H,1-8,10H2,(H,19,22)/t11-/m0/s1. The van der Waals surface area contributed by atoms with E-state index in [4.69, 9.17) is 11.6 Å². The first-order valence-electron chi connectivity index (χ1n) is 8.29. The van der Waals surface area contributed by atoms with Crippen LogP contribution in [0.4, 0.5) is 5.00 Å². The molecule has 2 fully saturated rings. The van der Waals surface area contributed by atoms with Crippen LogP contribution < -0.4 is 10.2 Å². The van der Waals surface area contributed by atoms with Crippen molar-refractivity contribution in [2.24, 2.45) is 5.92 Å². The van der Waals surface area contributed by atoms with Crippen molar-refractivity contribution in [3.05, 3.63) is 10.7 Å². The molecule has 1 saturated heterocycles. The number of hydrogen-bond acceptors (Lipinski definition) is 5. The summed E-state index contributed by atoms with van der Waals surface area (Å²) in [4.78, 5) is 14.7. The Labute approximate surface area is 145 Å². The van der Waals surface area contributed by atoms with Crippen molar-refractivity contribution >= 4 is 34.0 Å². The van der Waals surface area contributed by atoms with Gasteiger partial charge < -0.3 is 10.2 Å². The summed E-state index contributed by atoms with van der Waals surface area (Å²) in [5.41, 5.74) is 0.435. The molecular weight excluding hydrogens is 332 g/mol. The highest BCUT2D eigenvalue weighted by atomic mass is 35.5. The van der Waals surface area contributed by atoms with Gasteiger partial charge in [-0.3, -0.25) is 4.79 Å². The van der Waals surface area contributed by atoms with Crippen molar-refractivity contribution < 1.29 is 4.79 Å². The van der Waals surface area contributed by atoms with Gasteiger partial charge in [-0.2, -0.15) is 9.64 Å². The molecule has 0 bridgehead atoms. The molecule has 0 radical (unpaired) electrons. The zero-order valence-electron chi connectivity index (χ0n) is 13.1. The van der Waals surface area contributed by atoms with E-state index in [-0.39, 0.29) is 17.0 Å². The van der Waals surface area contributed by atoms with Gasteiger partial charge in [-0.25, -0.2) is 0 Å². The first-order chi connectivity index (χ1) is 11.2. The maximum Gasteiger partial charge on any atom is 0.225 e. The van der Waals surface area contributed by atoms with Gasteiger partial charge in [0.2, 0.25) is 5.91 Å². The van der Waals surface area contributed by atoms with Gasteiger partial charge in [-0.15, -0.1) is 0 Å². The normalized spacial score (nSPS) is 22.6. The lowest BCUT2D eigenvalue weighted by molar-refractivity contribution is -0.126. The fourth-order valence-corrected chi connectivity index (χ4v) is 4.58. The first kappa shape index (κ1) is 16.5. The Morgan fingerprint density at radius 2 is 2.09 bits per heavy atom. The van der Waals surface area contributed by atoms with E-state index in [0.717, 1.165) is 37.2 Å². The molecule has 1 aliphatic heterocycles. The topological polar surface area (TPSA) is 69.0 Å². The van der Waals surface area contributed by atoms with Gasteiger partial charge in [0.15, 0.2) is 5.15 Å². The largest absolute Gasteiger partial charge is 0.360 e. The highest BCUT2D eigenvalue weighted by Crippen LogP contribution is 2.34. The SMILES string of the molecule is N#Cc1c(Cl)nsc1N1CCC[C@H](C(=O)NC2CCCCC2)C1. The lowest BCUT2D eigenvalue weighted by atomic mass is 9.93. The lowest BCUT2D eigenvalue weighted by Gasteiger charge is -2.34. The van der Waals surface area contributed by atoms with Crippen LogP contribution in [-0.4, -0.2) is 29.4 Å². The van der Waals surface area contributed by atoms with E-state index in [1.807, 2.05) is 0 Å². The molecule has 23 heavy (non-hydrogen) atoms. The van der Waals surface area contributed by atoms with Crippen molar-refractivity contribution in [2.75, 3.05) is 18.0 Å².